The molecule has 6 heteroatoms. The van der Waals surface area contributed by atoms with Crippen molar-refractivity contribution in [1.82, 2.24) is 14.9 Å². The number of carbonyl (C=O) groups excluding carboxylic acids is 1. The molecule has 0 saturated carbocycles. The summed E-state index contributed by atoms with van der Waals surface area (Å²) in [7, 11) is 0. The van der Waals surface area contributed by atoms with Gasteiger partial charge in [-0.05, 0) is 49.4 Å². The first-order valence-corrected chi connectivity index (χ1v) is 8.72. The number of hydrogen-bond acceptors (Lipinski definition) is 4. The van der Waals surface area contributed by atoms with E-state index in [0.717, 1.165) is 31.4 Å². The maximum atomic E-state index is 13.7. The number of hydrogen-bond donors (Lipinski definition) is 0. The van der Waals surface area contributed by atoms with Crippen molar-refractivity contribution < 1.29 is 13.9 Å². The van der Waals surface area contributed by atoms with Crippen molar-refractivity contribution in [3.63, 3.8) is 0 Å². The number of aromatic nitrogens is 2. The molecular weight excluding hydrogens is 321 g/mol. The van der Waals surface area contributed by atoms with Crippen LogP contribution in [0, 0.1) is 5.82 Å². The Kier molecular flexibility index (Phi) is 4.34. The fourth-order valence-electron chi connectivity index (χ4n) is 3.72. The predicted octanol–water partition coefficient (Wildman–Crippen LogP) is 2.72. The van der Waals surface area contributed by atoms with Gasteiger partial charge >= 0.3 is 0 Å². The van der Waals surface area contributed by atoms with Crippen molar-refractivity contribution in [3.05, 3.63) is 53.7 Å². The number of ether oxygens (including phenoxy) is 1. The molecule has 130 valence electrons. The Morgan fingerprint density at radius 1 is 1.20 bits per heavy atom. The van der Waals surface area contributed by atoms with E-state index in [0.29, 0.717) is 13.1 Å². The lowest BCUT2D eigenvalue weighted by atomic mass is 10.0. The first-order chi connectivity index (χ1) is 12.2. The van der Waals surface area contributed by atoms with Crippen molar-refractivity contribution in [2.75, 3.05) is 13.1 Å². The average molecular weight is 341 g/mol. The van der Waals surface area contributed by atoms with Crippen LogP contribution in [0.4, 0.5) is 4.39 Å². The van der Waals surface area contributed by atoms with Gasteiger partial charge < -0.3 is 9.64 Å². The smallest absolute Gasteiger partial charge is 0.250 e. The predicted molar refractivity (Wildman–Crippen MR) is 89.7 cm³/mol. The molecule has 25 heavy (non-hydrogen) atoms. The summed E-state index contributed by atoms with van der Waals surface area (Å²) in [6, 6.07) is 6.82. The molecule has 5 nitrogen and oxygen atoms in total. The Balaban J connectivity index is 1.45. The minimum Gasteiger partial charge on any atom is -0.470 e. The van der Waals surface area contributed by atoms with Crippen LogP contribution in [0.15, 0.2) is 36.7 Å². The molecule has 1 aliphatic carbocycles. The van der Waals surface area contributed by atoms with E-state index in [2.05, 4.69) is 9.97 Å². The molecule has 0 bridgehead atoms. The normalized spacial score (nSPS) is 22.5. The van der Waals surface area contributed by atoms with E-state index in [1.165, 1.54) is 23.9 Å². The number of carbonyl (C=O) groups is 1. The highest BCUT2D eigenvalue weighted by Crippen LogP contribution is 2.33. The second-order valence-corrected chi connectivity index (χ2v) is 6.60. The average Bonchev–Trinajstić information content (AvgIpc) is 3.07. The molecule has 2 aliphatic rings. The zero-order valence-corrected chi connectivity index (χ0v) is 13.9. The monoisotopic (exact) mass is 341 g/mol. The highest BCUT2D eigenvalue weighted by Gasteiger charge is 2.35. The third kappa shape index (κ3) is 3.21. The third-order valence-corrected chi connectivity index (χ3v) is 4.95. The van der Waals surface area contributed by atoms with E-state index in [1.807, 2.05) is 17.0 Å². The summed E-state index contributed by atoms with van der Waals surface area (Å²) in [6.07, 6.45) is 6.36. The van der Waals surface area contributed by atoms with Gasteiger partial charge in [-0.3, -0.25) is 9.78 Å². The Morgan fingerprint density at radius 2 is 2.04 bits per heavy atom. The van der Waals surface area contributed by atoms with Crippen LogP contribution < -0.4 is 4.74 Å². The molecule has 0 aromatic carbocycles. The van der Waals surface area contributed by atoms with Gasteiger partial charge in [-0.1, -0.05) is 6.07 Å². The molecule has 2 aromatic heterocycles. The lowest BCUT2D eigenvalue weighted by Crippen LogP contribution is -2.46. The van der Waals surface area contributed by atoms with Gasteiger partial charge in [0.2, 0.25) is 5.91 Å². The van der Waals surface area contributed by atoms with Crippen LogP contribution in [0.25, 0.3) is 0 Å². The minimum absolute atomic E-state index is 0.00896. The van der Waals surface area contributed by atoms with Gasteiger partial charge in [-0.25, -0.2) is 9.37 Å². The zero-order valence-electron chi connectivity index (χ0n) is 13.9. The second kappa shape index (κ2) is 6.78. The van der Waals surface area contributed by atoms with Crippen LogP contribution in [-0.4, -0.2) is 40.0 Å². The van der Waals surface area contributed by atoms with Gasteiger partial charge in [-0.2, -0.15) is 0 Å². The summed E-state index contributed by atoms with van der Waals surface area (Å²) in [5.74, 6) is -0.525. The van der Waals surface area contributed by atoms with Gasteiger partial charge in [0.25, 0.3) is 5.88 Å². The van der Waals surface area contributed by atoms with Crippen LogP contribution in [0.3, 0.4) is 0 Å². The summed E-state index contributed by atoms with van der Waals surface area (Å²) in [5.41, 5.74) is 2.08. The third-order valence-electron chi connectivity index (χ3n) is 4.95. The van der Waals surface area contributed by atoms with Gasteiger partial charge in [0.15, 0.2) is 5.82 Å². The zero-order chi connectivity index (χ0) is 17.2. The number of rotatable bonds is 3. The standard InChI is InChI=1S/C19H20FN3O2/c20-16-6-2-10-22-18(16)25-14-5-3-11-23(12-14)19(24)15-8-7-13-4-1-9-21-17(13)15/h1-2,4,6,9-10,14-15H,3,5,7-8,11-12H2. The number of amides is 1. The number of likely N-dealkylation sites (tertiary alicyclic amines) is 1. The van der Waals surface area contributed by atoms with Crippen molar-refractivity contribution >= 4 is 5.91 Å². The largest absolute Gasteiger partial charge is 0.470 e. The molecule has 1 amide bonds. The summed E-state index contributed by atoms with van der Waals surface area (Å²) >= 11 is 0. The van der Waals surface area contributed by atoms with Crippen LogP contribution in [0.2, 0.25) is 0 Å². The molecule has 0 spiro atoms. The van der Waals surface area contributed by atoms with Crippen LogP contribution in [0.5, 0.6) is 5.88 Å². The molecule has 4 rings (SSSR count). The van der Waals surface area contributed by atoms with Crippen molar-refractivity contribution in [1.29, 1.82) is 0 Å². The molecule has 1 aliphatic heterocycles. The summed E-state index contributed by atoms with van der Waals surface area (Å²) in [5, 5.41) is 0. The van der Waals surface area contributed by atoms with E-state index in [-0.39, 0.29) is 23.8 Å². The number of nitrogens with zero attached hydrogens (tertiary/aromatic N) is 3. The highest BCUT2D eigenvalue weighted by molar-refractivity contribution is 5.84. The van der Waals surface area contributed by atoms with E-state index in [4.69, 9.17) is 4.74 Å². The van der Waals surface area contributed by atoms with E-state index in [9.17, 15) is 9.18 Å². The highest BCUT2D eigenvalue weighted by atomic mass is 19.1. The van der Waals surface area contributed by atoms with Crippen LogP contribution in [-0.2, 0) is 11.2 Å². The van der Waals surface area contributed by atoms with E-state index < -0.39 is 5.82 Å². The first-order valence-electron chi connectivity index (χ1n) is 8.72. The van der Waals surface area contributed by atoms with Crippen molar-refractivity contribution in [2.45, 2.75) is 37.7 Å². The molecule has 2 aromatic rings. The number of fused-ring (bicyclic) bond motifs is 1. The van der Waals surface area contributed by atoms with Gasteiger partial charge in [-0.15, -0.1) is 0 Å². The summed E-state index contributed by atoms with van der Waals surface area (Å²) in [6.45, 7) is 1.18. The quantitative estimate of drug-likeness (QED) is 0.861. The van der Waals surface area contributed by atoms with Gasteiger partial charge in [0.1, 0.15) is 6.10 Å². The molecule has 0 radical (unpaired) electrons. The summed E-state index contributed by atoms with van der Waals surface area (Å²) < 4.78 is 19.4. The molecule has 2 unspecified atom stereocenters. The maximum Gasteiger partial charge on any atom is 0.250 e. The number of halogens is 1. The number of pyridine rings is 2. The topological polar surface area (TPSA) is 55.3 Å². The lowest BCUT2D eigenvalue weighted by molar-refractivity contribution is -0.135. The van der Waals surface area contributed by atoms with Crippen molar-refractivity contribution in [3.8, 4) is 5.88 Å². The molecule has 1 saturated heterocycles. The first kappa shape index (κ1) is 16.0. The Labute approximate surface area is 145 Å². The van der Waals surface area contributed by atoms with Crippen LogP contribution >= 0.6 is 0 Å². The Hall–Kier alpha value is -2.50. The summed E-state index contributed by atoms with van der Waals surface area (Å²) in [4.78, 5) is 23.2. The maximum absolute atomic E-state index is 13.7. The Bertz CT molecular complexity index is 783. The fraction of sp³-hybridized carbons (Fsp3) is 0.421. The lowest BCUT2D eigenvalue weighted by Gasteiger charge is -2.34. The number of aryl methyl sites for hydroxylation is 1. The Morgan fingerprint density at radius 3 is 2.92 bits per heavy atom. The van der Waals surface area contributed by atoms with Gasteiger partial charge in [0.05, 0.1) is 18.2 Å². The van der Waals surface area contributed by atoms with Crippen LogP contribution in [0.1, 0.15) is 36.4 Å². The molecular formula is C19H20FN3O2. The molecule has 2 atom stereocenters. The van der Waals surface area contributed by atoms with E-state index in [1.54, 1.807) is 6.20 Å². The molecule has 1 fully saturated rings. The van der Waals surface area contributed by atoms with Crippen molar-refractivity contribution in [2.24, 2.45) is 0 Å². The molecule has 3 heterocycles. The number of piperidine rings is 1. The van der Waals surface area contributed by atoms with Gasteiger partial charge in [0, 0.05) is 18.9 Å². The van der Waals surface area contributed by atoms with E-state index >= 15 is 0 Å². The second-order valence-electron chi connectivity index (χ2n) is 6.60. The minimum atomic E-state index is -0.472. The molecule has 0 N–H and O–H groups in total. The fourth-order valence-corrected chi connectivity index (χ4v) is 3.72. The SMILES string of the molecule is O=C(C1CCc2cccnc21)N1CCCC(Oc2ncccc2F)C1.